The lowest BCUT2D eigenvalue weighted by Crippen LogP contribution is -2.47. The Morgan fingerprint density at radius 3 is 2.34 bits per heavy atom. The number of benzene rings is 1. The number of fused-ring (bicyclic) bond motifs is 1. The zero-order chi connectivity index (χ0) is 21.9. The molecule has 5 rings (SSSR count). The Bertz CT molecular complexity index is 1160. The van der Waals surface area contributed by atoms with Crippen LogP contribution in [0, 0.1) is 0 Å². The van der Waals surface area contributed by atoms with Gasteiger partial charge in [-0.1, -0.05) is 36.4 Å². The molecular weight excluding hydrogens is 400 g/mol. The SMILES string of the molecule is CC(C)n1c(N2CCN(c3ccccn3)CC2)nc2c(NCc3ccccc3)ncnc21. The second-order valence-electron chi connectivity index (χ2n) is 8.27. The molecule has 1 aromatic carbocycles. The molecule has 1 N–H and O–H groups in total. The first-order valence-corrected chi connectivity index (χ1v) is 11.1. The molecule has 0 atom stereocenters. The van der Waals surface area contributed by atoms with Gasteiger partial charge in [0.15, 0.2) is 17.0 Å². The molecule has 1 fully saturated rings. The van der Waals surface area contributed by atoms with Crippen molar-refractivity contribution in [2.24, 2.45) is 0 Å². The van der Waals surface area contributed by atoms with E-state index in [1.807, 2.05) is 36.5 Å². The number of nitrogens with one attached hydrogen (secondary N) is 1. The van der Waals surface area contributed by atoms with Gasteiger partial charge in [0.25, 0.3) is 0 Å². The molecule has 3 aromatic heterocycles. The van der Waals surface area contributed by atoms with Crippen molar-refractivity contribution in [3.05, 3.63) is 66.6 Å². The number of hydrogen-bond acceptors (Lipinski definition) is 7. The number of nitrogens with zero attached hydrogens (tertiary/aromatic N) is 7. The monoisotopic (exact) mass is 428 g/mol. The van der Waals surface area contributed by atoms with Crippen LogP contribution in [0.2, 0.25) is 0 Å². The van der Waals surface area contributed by atoms with Crippen LogP contribution in [-0.2, 0) is 6.54 Å². The highest BCUT2D eigenvalue weighted by Crippen LogP contribution is 2.29. The van der Waals surface area contributed by atoms with Crippen LogP contribution in [0.4, 0.5) is 17.6 Å². The summed E-state index contributed by atoms with van der Waals surface area (Å²) in [5, 5.41) is 3.45. The van der Waals surface area contributed by atoms with Crippen LogP contribution in [0.25, 0.3) is 11.2 Å². The lowest BCUT2D eigenvalue weighted by molar-refractivity contribution is 0.572. The van der Waals surface area contributed by atoms with Crippen molar-refractivity contribution in [3.8, 4) is 0 Å². The summed E-state index contributed by atoms with van der Waals surface area (Å²) >= 11 is 0. The highest BCUT2D eigenvalue weighted by atomic mass is 15.4. The third-order valence-corrected chi connectivity index (χ3v) is 5.81. The Kier molecular flexibility index (Phi) is 5.58. The molecule has 4 aromatic rings. The number of hydrogen-bond donors (Lipinski definition) is 1. The summed E-state index contributed by atoms with van der Waals surface area (Å²) in [6, 6.07) is 16.6. The van der Waals surface area contributed by atoms with Gasteiger partial charge in [0.2, 0.25) is 5.95 Å². The van der Waals surface area contributed by atoms with E-state index in [1.54, 1.807) is 6.33 Å². The average Bonchev–Trinajstić information content (AvgIpc) is 3.25. The van der Waals surface area contributed by atoms with Crippen LogP contribution in [0.1, 0.15) is 25.5 Å². The first-order valence-electron chi connectivity index (χ1n) is 11.1. The molecular formula is C24H28N8. The standard InChI is InChI=1S/C24H28N8/c1-18(2)32-23-21(22(27-17-28-23)26-16-19-8-4-3-5-9-19)29-24(32)31-14-12-30(13-15-31)20-10-6-7-11-25-20/h3-11,17-18H,12-16H2,1-2H3,(H,26,27,28). The molecule has 164 valence electrons. The zero-order valence-electron chi connectivity index (χ0n) is 18.5. The van der Waals surface area contributed by atoms with Crippen molar-refractivity contribution in [1.29, 1.82) is 0 Å². The normalized spacial score (nSPS) is 14.3. The second-order valence-corrected chi connectivity index (χ2v) is 8.27. The molecule has 0 amide bonds. The molecule has 0 saturated carbocycles. The maximum Gasteiger partial charge on any atom is 0.208 e. The van der Waals surface area contributed by atoms with Crippen molar-refractivity contribution in [2.75, 3.05) is 41.3 Å². The maximum atomic E-state index is 5.03. The molecule has 32 heavy (non-hydrogen) atoms. The quantitative estimate of drug-likeness (QED) is 0.501. The van der Waals surface area contributed by atoms with Gasteiger partial charge in [-0.2, -0.15) is 0 Å². The predicted molar refractivity (Wildman–Crippen MR) is 128 cm³/mol. The van der Waals surface area contributed by atoms with Crippen molar-refractivity contribution in [2.45, 2.75) is 26.4 Å². The summed E-state index contributed by atoms with van der Waals surface area (Å²) in [7, 11) is 0. The molecule has 0 radical (unpaired) electrons. The number of rotatable bonds is 6. The lowest BCUT2D eigenvalue weighted by atomic mass is 10.2. The van der Waals surface area contributed by atoms with Gasteiger partial charge in [-0.3, -0.25) is 4.57 Å². The van der Waals surface area contributed by atoms with Gasteiger partial charge in [0.05, 0.1) is 0 Å². The highest BCUT2D eigenvalue weighted by molar-refractivity contribution is 5.85. The van der Waals surface area contributed by atoms with Gasteiger partial charge in [0, 0.05) is 45.0 Å². The molecule has 1 aliphatic heterocycles. The molecule has 0 spiro atoms. The summed E-state index contributed by atoms with van der Waals surface area (Å²) in [6.45, 7) is 8.62. The van der Waals surface area contributed by atoms with Gasteiger partial charge in [0.1, 0.15) is 12.1 Å². The summed E-state index contributed by atoms with van der Waals surface area (Å²) in [5.41, 5.74) is 2.89. The van der Waals surface area contributed by atoms with Crippen molar-refractivity contribution >= 4 is 28.7 Å². The number of anilines is 3. The maximum absolute atomic E-state index is 5.03. The lowest BCUT2D eigenvalue weighted by Gasteiger charge is -2.36. The first kappa shape index (κ1) is 20.2. The van der Waals surface area contributed by atoms with Gasteiger partial charge in [-0.15, -0.1) is 0 Å². The summed E-state index contributed by atoms with van der Waals surface area (Å²) in [5.74, 6) is 2.76. The highest BCUT2D eigenvalue weighted by Gasteiger charge is 2.25. The number of aromatic nitrogens is 5. The van der Waals surface area contributed by atoms with E-state index in [1.165, 1.54) is 5.56 Å². The minimum Gasteiger partial charge on any atom is -0.364 e. The van der Waals surface area contributed by atoms with Crippen LogP contribution < -0.4 is 15.1 Å². The van der Waals surface area contributed by atoms with Gasteiger partial charge < -0.3 is 15.1 Å². The van der Waals surface area contributed by atoms with E-state index in [0.29, 0.717) is 6.54 Å². The van der Waals surface area contributed by atoms with E-state index in [0.717, 1.165) is 54.9 Å². The van der Waals surface area contributed by atoms with Crippen molar-refractivity contribution < 1.29 is 0 Å². The Morgan fingerprint density at radius 1 is 0.875 bits per heavy atom. The van der Waals surface area contributed by atoms with Crippen LogP contribution in [0.3, 0.4) is 0 Å². The molecule has 1 saturated heterocycles. The van der Waals surface area contributed by atoms with Crippen LogP contribution in [-0.4, -0.2) is 50.7 Å². The third-order valence-electron chi connectivity index (χ3n) is 5.81. The zero-order valence-corrected chi connectivity index (χ0v) is 18.5. The molecule has 0 unspecified atom stereocenters. The topological polar surface area (TPSA) is 75.0 Å². The Hall–Kier alpha value is -3.68. The predicted octanol–water partition coefficient (Wildman–Crippen LogP) is 3.74. The fourth-order valence-corrected chi connectivity index (χ4v) is 4.18. The molecule has 1 aliphatic rings. The minimum absolute atomic E-state index is 0.237. The number of pyridine rings is 1. The Balaban J connectivity index is 1.41. The van der Waals surface area contributed by atoms with Gasteiger partial charge >= 0.3 is 0 Å². The van der Waals surface area contributed by atoms with Crippen molar-refractivity contribution in [3.63, 3.8) is 0 Å². The second kappa shape index (κ2) is 8.82. The van der Waals surface area contributed by atoms with Crippen LogP contribution in [0.15, 0.2) is 61.1 Å². The number of piperazine rings is 1. The molecule has 8 heteroatoms. The Labute approximate surface area is 188 Å². The van der Waals surface area contributed by atoms with E-state index in [9.17, 15) is 0 Å². The number of imidazole rings is 1. The Morgan fingerprint density at radius 2 is 1.62 bits per heavy atom. The van der Waals surface area contributed by atoms with Crippen molar-refractivity contribution in [1.82, 2.24) is 24.5 Å². The first-order chi connectivity index (χ1) is 15.7. The molecule has 0 aliphatic carbocycles. The van der Waals surface area contributed by atoms with Gasteiger partial charge in [-0.25, -0.2) is 19.9 Å². The minimum atomic E-state index is 0.237. The molecule has 0 bridgehead atoms. The summed E-state index contributed by atoms with van der Waals surface area (Å²) in [6.07, 6.45) is 3.47. The van der Waals surface area contributed by atoms with E-state index in [2.05, 4.69) is 66.7 Å². The fourth-order valence-electron chi connectivity index (χ4n) is 4.18. The van der Waals surface area contributed by atoms with Gasteiger partial charge in [-0.05, 0) is 31.5 Å². The van der Waals surface area contributed by atoms with E-state index >= 15 is 0 Å². The van der Waals surface area contributed by atoms with E-state index < -0.39 is 0 Å². The molecule has 4 heterocycles. The average molecular weight is 429 g/mol. The molecule has 8 nitrogen and oxygen atoms in total. The third kappa shape index (κ3) is 3.95. The smallest absolute Gasteiger partial charge is 0.208 e. The summed E-state index contributed by atoms with van der Waals surface area (Å²) < 4.78 is 2.22. The van der Waals surface area contributed by atoms with E-state index in [4.69, 9.17) is 4.98 Å². The van der Waals surface area contributed by atoms with E-state index in [-0.39, 0.29) is 6.04 Å². The van der Waals surface area contributed by atoms with Crippen LogP contribution in [0.5, 0.6) is 0 Å². The van der Waals surface area contributed by atoms with Crippen LogP contribution >= 0.6 is 0 Å². The largest absolute Gasteiger partial charge is 0.364 e. The summed E-state index contributed by atoms with van der Waals surface area (Å²) in [4.78, 5) is 23.3. The fraction of sp³-hybridized carbons (Fsp3) is 0.333.